The van der Waals surface area contributed by atoms with Gasteiger partial charge in [0, 0.05) is 0 Å². The molecule has 0 saturated carbocycles. The van der Waals surface area contributed by atoms with E-state index in [9.17, 15) is 14.4 Å². The van der Waals surface area contributed by atoms with Gasteiger partial charge in [0.05, 0.1) is 6.61 Å². The number of hydroxylamine groups is 1. The van der Waals surface area contributed by atoms with Gasteiger partial charge in [-0.1, -0.05) is 44.2 Å². The number of nitrogens with one attached hydrogen (secondary N) is 2. The van der Waals surface area contributed by atoms with E-state index in [2.05, 4.69) is 10.8 Å². The smallest absolute Gasteiger partial charge is 0.325 e. The lowest BCUT2D eigenvalue weighted by molar-refractivity contribution is -0.147. The molecule has 0 aromatic heterocycles. The summed E-state index contributed by atoms with van der Waals surface area (Å²) in [5, 5.41) is 11.8. The van der Waals surface area contributed by atoms with Gasteiger partial charge in [-0.25, -0.2) is 10.3 Å². The number of aliphatic hydroxyl groups is 1. The van der Waals surface area contributed by atoms with Crippen LogP contribution in [0.1, 0.15) is 26.3 Å². The molecular formula is C17H23N3O5. The van der Waals surface area contributed by atoms with Crippen molar-refractivity contribution in [1.29, 1.82) is 0 Å². The summed E-state index contributed by atoms with van der Waals surface area (Å²) in [5.74, 6) is -1.18. The number of amides is 4. The van der Waals surface area contributed by atoms with E-state index < -0.39 is 36.0 Å². The highest BCUT2D eigenvalue weighted by Gasteiger charge is 2.49. The van der Waals surface area contributed by atoms with Gasteiger partial charge in [0.25, 0.3) is 11.8 Å². The van der Waals surface area contributed by atoms with Gasteiger partial charge in [0.15, 0.2) is 0 Å². The number of nitrogens with zero attached hydrogens (tertiary/aromatic N) is 1. The Kier molecular flexibility index (Phi) is 5.76. The van der Waals surface area contributed by atoms with Gasteiger partial charge in [-0.15, -0.1) is 0 Å². The van der Waals surface area contributed by atoms with Crippen LogP contribution >= 0.6 is 0 Å². The first-order valence-electron chi connectivity index (χ1n) is 8.04. The summed E-state index contributed by atoms with van der Waals surface area (Å²) in [7, 11) is 0. The number of imide groups is 1. The Hall–Kier alpha value is -2.45. The summed E-state index contributed by atoms with van der Waals surface area (Å²) in [6.07, 6.45) is -0.568. The second-order valence-electron chi connectivity index (χ2n) is 6.42. The second kappa shape index (κ2) is 7.62. The van der Waals surface area contributed by atoms with Crippen LogP contribution in [0.4, 0.5) is 4.79 Å². The lowest BCUT2D eigenvalue weighted by Gasteiger charge is -2.22. The molecule has 0 spiro atoms. The molecule has 4 amide bonds. The van der Waals surface area contributed by atoms with Crippen LogP contribution < -0.4 is 10.8 Å². The highest BCUT2D eigenvalue weighted by Crippen LogP contribution is 2.28. The largest absolute Gasteiger partial charge is 0.394 e. The van der Waals surface area contributed by atoms with Gasteiger partial charge in [0.2, 0.25) is 0 Å². The fourth-order valence-electron chi connectivity index (χ4n) is 2.51. The van der Waals surface area contributed by atoms with Crippen LogP contribution in [0, 0.1) is 5.92 Å². The van der Waals surface area contributed by atoms with Crippen molar-refractivity contribution >= 4 is 17.8 Å². The third-order valence-electron chi connectivity index (χ3n) is 4.18. The molecule has 1 aromatic carbocycles. The molecule has 0 radical (unpaired) electrons. The van der Waals surface area contributed by atoms with Crippen molar-refractivity contribution in [1.82, 2.24) is 15.7 Å². The SMILES string of the molecule is CC(C)C(CO)ONC(=O)CN1C(=O)NC(C)(c2ccccc2)C1=O. The lowest BCUT2D eigenvalue weighted by atomic mass is 9.92. The van der Waals surface area contributed by atoms with Gasteiger partial charge < -0.3 is 10.4 Å². The van der Waals surface area contributed by atoms with Gasteiger partial charge in [-0.3, -0.25) is 19.3 Å². The lowest BCUT2D eigenvalue weighted by Crippen LogP contribution is -2.44. The van der Waals surface area contributed by atoms with Crippen LogP contribution in [-0.4, -0.2) is 47.1 Å². The number of urea groups is 1. The Balaban J connectivity index is 2.02. The molecule has 0 aliphatic carbocycles. The summed E-state index contributed by atoms with van der Waals surface area (Å²) in [4.78, 5) is 42.7. The summed E-state index contributed by atoms with van der Waals surface area (Å²) in [5.41, 5.74) is 1.59. The van der Waals surface area contributed by atoms with Crippen LogP contribution in [0.5, 0.6) is 0 Å². The van der Waals surface area contributed by atoms with Crippen molar-refractivity contribution in [2.45, 2.75) is 32.4 Å². The molecule has 8 nitrogen and oxygen atoms in total. The average molecular weight is 349 g/mol. The Morgan fingerprint density at radius 2 is 1.96 bits per heavy atom. The maximum atomic E-state index is 12.7. The average Bonchev–Trinajstić information content (AvgIpc) is 2.80. The van der Waals surface area contributed by atoms with E-state index in [1.54, 1.807) is 31.2 Å². The Bertz CT molecular complexity index is 649. The van der Waals surface area contributed by atoms with Crippen LogP contribution in [0.3, 0.4) is 0 Å². The number of rotatable bonds is 7. The molecule has 1 aromatic rings. The van der Waals surface area contributed by atoms with Crippen molar-refractivity contribution in [3.05, 3.63) is 35.9 Å². The predicted molar refractivity (Wildman–Crippen MR) is 89.0 cm³/mol. The van der Waals surface area contributed by atoms with E-state index in [0.29, 0.717) is 5.56 Å². The summed E-state index contributed by atoms with van der Waals surface area (Å²) < 4.78 is 0. The standard InChI is InChI=1S/C17H23N3O5/c1-11(2)13(10-21)25-19-14(22)9-20-15(23)17(3,18-16(20)24)12-7-5-4-6-8-12/h4-8,11,13,21H,9-10H2,1-3H3,(H,18,24)(H,19,22). The molecule has 2 rings (SSSR count). The number of hydrogen-bond donors (Lipinski definition) is 3. The Morgan fingerprint density at radius 3 is 2.52 bits per heavy atom. The number of carbonyl (C=O) groups is 3. The molecule has 1 saturated heterocycles. The van der Waals surface area contributed by atoms with E-state index in [1.165, 1.54) is 0 Å². The van der Waals surface area contributed by atoms with Gasteiger partial charge in [-0.05, 0) is 18.4 Å². The van der Waals surface area contributed by atoms with E-state index in [0.717, 1.165) is 4.90 Å². The molecule has 1 aliphatic heterocycles. The maximum absolute atomic E-state index is 12.7. The zero-order valence-electron chi connectivity index (χ0n) is 14.5. The quantitative estimate of drug-likeness (QED) is 0.491. The fraction of sp³-hybridized carbons (Fsp3) is 0.471. The van der Waals surface area contributed by atoms with Crippen LogP contribution in [0.15, 0.2) is 30.3 Å². The van der Waals surface area contributed by atoms with Crippen molar-refractivity contribution < 1.29 is 24.3 Å². The molecular weight excluding hydrogens is 326 g/mol. The van der Waals surface area contributed by atoms with E-state index in [1.807, 2.05) is 19.9 Å². The van der Waals surface area contributed by atoms with Crippen LogP contribution in [0.25, 0.3) is 0 Å². The first-order valence-corrected chi connectivity index (χ1v) is 8.04. The topological polar surface area (TPSA) is 108 Å². The van der Waals surface area contributed by atoms with E-state index >= 15 is 0 Å². The third kappa shape index (κ3) is 3.97. The van der Waals surface area contributed by atoms with Gasteiger partial charge in [-0.2, -0.15) is 0 Å². The summed E-state index contributed by atoms with van der Waals surface area (Å²) in [6, 6.07) is 8.17. The monoisotopic (exact) mass is 349 g/mol. The van der Waals surface area contributed by atoms with Crippen molar-refractivity contribution in [3.8, 4) is 0 Å². The fourth-order valence-corrected chi connectivity index (χ4v) is 2.51. The molecule has 2 unspecified atom stereocenters. The molecule has 25 heavy (non-hydrogen) atoms. The van der Waals surface area contributed by atoms with Crippen LogP contribution in [0.2, 0.25) is 0 Å². The molecule has 1 aliphatic rings. The normalized spacial score (nSPS) is 21.4. The first-order chi connectivity index (χ1) is 11.8. The number of carbonyl (C=O) groups excluding carboxylic acids is 3. The minimum Gasteiger partial charge on any atom is -0.394 e. The molecule has 1 fully saturated rings. The highest BCUT2D eigenvalue weighted by atomic mass is 16.7. The Morgan fingerprint density at radius 1 is 1.32 bits per heavy atom. The molecule has 136 valence electrons. The number of aliphatic hydroxyl groups excluding tert-OH is 1. The van der Waals surface area contributed by atoms with Crippen LogP contribution in [-0.2, 0) is 20.0 Å². The molecule has 8 heteroatoms. The minimum absolute atomic E-state index is 0.0108. The van der Waals surface area contributed by atoms with Crippen molar-refractivity contribution in [2.24, 2.45) is 5.92 Å². The second-order valence-corrected chi connectivity index (χ2v) is 6.42. The molecule has 2 atom stereocenters. The number of benzene rings is 1. The molecule has 1 heterocycles. The number of hydrogen-bond acceptors (Lipinski definition) is 5. The minimum atomic E-state index is -1.22. The van der Waals surface area contributed by atoms with E-state index in [-0.39, 0.29) is 12.5 Å². The maximum Gasteiger partial charge on any atom is 0.325 e. The highest BCUT2D eigenvalue weighted by molar-refractivity contribution is 6.09. The predicted octanol–water partition coefficient (Wildman–Crippen LogP) is 0.518. The molecule has 0 bridgehead atoms. The zero-order chi connectivity index (χ0) is 18.6. The van der Waals surface area contributed by atoms with E-state index in [4.69, 9.17) is 9.94 Å². The first kappa shape index (κ1) is 18.9. The van der Waals surface area contributed by atoms with Crippen molar-refractivity contribution in [3.63, 3.8) is 0 Å². The summed E-state index contributed by atoms with van der Waals surface area (Å²) in [6.45, 7) is 4.53. The molecule has 3 N–H and O–H groups in total. The van der Waals surface area contributed by atoms with Gasteiger partial charge >= 0.3 is 6.03 Å². The summed E-state index contributed by atoms with van der Waals surface area (Å²) >= 11 is 0. The van der Waals surface area contributed by atoms with Gasteiger partial charge in [0.1, 0.15) is 18.2 Å². The zero-order valence-corrected chi connectivity index (χ0v) is 14.5. The van der Waals surface area contributed by atoms with Crippen molar-refractivity contribution in [2.75, 3.05) is 13.2 Å². The third-order valence-corrected chi connectivity index (χ3v) is 4.18. The Labute approximate surface area is 146 Å².